The van der Waals surface area contributed by atoms with Gasteiger partial charge >= 0.3 is 0 Å². The molecule has 2 aromatic rings. The van der Waals surface area contributed by atoms with Gasteiger partial charge in [-0.2, -0.15) is 0 Å². The lowest BCUT2D eigenvalue weighted by Crippen LogP contribution is -2.00. The number of hydrogen-bond acceptors (Lipinski definition) is 1. The SMILES string of the molecule is Cc1cc(C)c(C)c(-c2cccc(F)c2N)c1C. The smallest absolute Gasteiger partial charge is 0.146 e. The van der Waals surface area contributed by atoms with Gasteiger partial charge in [0.1, 0.15) is 5.82 Å². The monoisotopic (exact) mass is 243 g/mol. The molecule has 0 unspecified atom stereocenters. The van der Waals surface area contributed by atoms with Gasteiger partial charge in [0.25, 0.3) is 0 Å². The molecule has 18 heavy (non-hydrogen) atoms. The Hall–Kier alpha value is -1.83. The van der Waals surface area contributed by atoms with Crippen molar-refractivity contribution >= 4 is 5.69 Å². The Bertz CT molecular complexity index is 589. The summed E-state index contributed by atoms with van der Waals surface area (Å²) in [7, 11) is 0. The molecule has 2 N–H and O–H groups in total. The predicted molar refractivity (Wildman–Crippen MR) is 75.2 cm³/mol. The second-order valence-electron chi connectivity index (χ2n) is 4.84. The van der Waals surface area contributed by atoms with Gasteiger partial charge in [0.2, 0.25) is 0 Å². The molecule has 94 valence electrons. The minimum absolute atomic E-state index is 0.230. The molecule has 2 aromatic carbocycles. The van der Waals surface area contributed by atoms with Crippen LogP contribution in [-0.2, 0) is 0 Å². The molecular weight excluding hydrogens is 225 g/mol. The molecule has 0 heterocycles. The Balaban J connectivity index is 2.83. The quantitative estimate of drug-likeness (QED) is 0.742. The molecule has 0 atom stereocenters. The maximum atomic E-state index is 13.6. The van der Waals surface area contributed by atoms with Crippen molar-refractivity contribution < 1.29 is 4.39 Å². The summed E-state index contributed by atoms with van der Waals surface area (Å²) in [5, 5.41) is 0. The summed E-state index contributed by atoms with van der Waals surface area (Å²) >= 11 is 0. The average Bonchev–Trinajstić information content (AvgIpc) is 2.32. The van der Waals surface area contributed by atoms with Gasteiger partial charge in [0.05, 0.1) is 5.69 Å². The van der Waals surface area contributed by atoms with Crippen molar-refractivity contribution in [3.05, 3.63) is 52.3 Å². The highest BCUT2D eigenvalue weighted by Gasteiger charge is 2.14. The average molecular weight is 243 g/mol. The van der Waals surface area contributed by atoms with Crippen molar-refractivity contribution in [3.8, 4) is 11.1 Å². The van der Waals surface area contributed by atoms with Crippen LogP contribution >= 0.6 is 0 Å². The second kappa shape index (κ2) is 4.45. The highest BCUT2D eigenvalue weighted by molar-refractivity contribution is 5.82. The van der Waals surface area contributed by atoms with Crippen LogP contribution in [0.1, 0.15) is 22.3 Å². The number of hydrogen-bond donors (Lipinski definition) is 1. The number of aryl methyl sites for hydroxylation is 2. The maximum Gasteiger partial charge on any atom is 0.146 e. The third kappa shape index (κ3) is 1.88. The van der Waals surface area contributed by atoms with Crippen molar-refractivity contribution in [2.24, 2.45) is 0 Å². The summed E-state index contributed by atoms with van der Waals surface area (Å²) in [5.41, 5.74) is 12.7. The normalized spacial score (nSPS) is 10.7. The summed E-state index contributed by atoms with van der Waals surface area (Å²) < 4.78 is 13.6. The first-order chi connectivity index (χ1) is 8.43. The summed E-state index contributed by atoms with van der Waals surface area (Å²) in [5.74, 6) is -0.356. The second-order valence-corrected chi connectivity index (χ2v) is 4.84. The van der Waals surface area contributed by atoms with Crippen LogP contribution in [0.2, 0.25) is 0 Å². The van der Waals surface area contributed by atoms with E-state index in [-0.39, 0.29) is 11.5 Å². The van der Waals surface area contributed by atoms with Gasteiger partial charge in [-0.05, 0) is 61.6 Å². The molecule has 0 aromatic heterocycles. The standard InChI is InChI=1S/C16H18FN/c1-9-8-10(2)12(4)15(11(9)3)13-6-5-7-14(17)16(13)18/h5-8H,18H2,1-4H3. The fraction of sp³-hybridized carbons (Fsp3) is 0.250. The van der Waals surface area contributed by atoms with Crippen LogP contribution in [0, 0.1) is 33.5 Å². The van der Waals surface area contributed by atoms with Crippen molar-refractivity contribution in [1.82, 2.24) is 0 Å². The van der Waals surface area contributed by atoms with Crippen molar-refractivity contribution in [2.75, 3.05) is 5.73 Å². The third-order valence-corrected chi connectivity index (χ3v) is 3.69. The molecule has 0 amide bonds. The molecule has 0 aliphatic rings. The van der Waals surface area contributed by atoms with Crippen molar-refractivity contribution in [1.29, 1.82) is 0 Å². The van der Waals surface area contributed by atoms with E-state index in [1.54, 1.807) is 6.07 Å². The van der Waals surface area contributed by atoms with E-state index in [0.29, 0.717) is 0 Å². The van der Waals surface area contributed by atoms with Crippen LogP contribution in [0.15, 0.2) is 24.3 Å². The van der Waals surface area contributed by atoms with Crippen LogP contribution in [0.5, 0.6) is 0 Å². The van der Waals surface area contributed by atoms with Crippen LogP contribution < -0.4 is 5.73 Å². The van der Waals surface area contributed by atoms with E-state index in [1.165, 1.54) is 17.2 Å². The Morgan fingerprint density at radius 3 is 2.06 bits per heavy atom. The Morgan fingerprint density at radius 1 is 0.944 bits per heavy atom. The van der Waals surface area contributed by atoms with Crippen molar-refractivity contribution in [2.45, 2.75) is 27.7 Å². The highest BCUT2D eigenvalue weighted by Crippen LogP contribution is 2.35. The fourth-order valence-electron chi connectivity index (χ4n) is 2.38. The van der Waals surface area contributed by atoms with Gasteiger partial charge in [-0.1, -0.05) is 18.2 Å². The van der Waals surface area contributed by atoms with E-state index >= 15 is 0 Å². The molecule has 0 bridgehead atoms. The number of nitrogens with two attached hydrogens (primary N) is 1. The Kier molecular flexibility index (Phi) is 3.12. The van der Waals surface area contributed by atoms with E-state index in [0.717, 1.165) is 22.3 Å². The molecule has 0 aliphatic carbocycles. The molecule has 2 rings (SSSR count). The lowest BCUT2D eigenvalue weighted by Gasteiger charge is -2.17. The predicted octanol–water partition coefficient (Wildman–Crippen LogP) is 4.31. The molecular formula is C16H18FN. The van der Waals surface area contributed by atoms with Gasteiger partial charge in [0.15, 0.2) is 0 Å². The van der Waals surface area contributed by atoms with Gasteiger partial charge in [0, 0.05) is 5.56 Å². The van der Waals surface area contributed by atoms with Gasteiger partial charge < -0.3 is 5.73 Å². The zero-order chi connectivity index (χ0) is 13.4. The molecule has 0 saturated heterocycles. The lowest BCUT2D eigenvalue weighted by atomic mass is 9.89. The summed E-state index contributed by atoms with van der Waals surface area (Å²) in [6, 6.07) is 7.14. The first-order valence-electron chi connectivity index (χ1n) is 6.05. The first kappa shape index (κ1) is 12.6. The maximum absolute atomic E-state index is 13.6. The van der Waals surface area contributed by atoms with Crippen LogP contribution in [0.4, 0.5) is 10.1 Å². The number of para-hydroxylation sites is 1. The summed E-state index contributed by atoms with van der Waals surface area (Å²) in [6.07, 6.45) is 0. The molecule has 0 fully saturated rings. The Morgan fingerprint density at radius 2 is 1.50 bits per heavy atom. The topological polar surface area (TPSA) is 26.0 Å². The number of anilines is 1. The summed E-state index contributed by atoms with van der Waals surface area (Å²) in [4.78, 5) is 0. The molecule has 0 spiro atoms. The molecule has 0 aliphatic heterocycles. The minimum atomic E-state index is -0.356. The molecule has 0 saturated carbocycles. The van der Waals surface area contributed by atoms with Crippen LogP contribution in [-0.4, -0.2) is 0 Å². The molecule has 1 nitrogen and oxygen atoms in total. The number of halogens is 1. The largest absolute Gasteiger partial charge is 0.396 e. The van der Waals surface area contributed by atoms with Crippen molar-refractivity contribution in [3.63, 3.8) is 0 Å². The third-order valence-electron chi connectivity index (χ3n) is 3.69. The van der Waals surface area contributed by atoms with E-state index in [1.807, 2.05) is 6.07 Å². The van der Waals surface area contributed by atoms with E-state index in [9.17, 15) is 4.39 Å². The first-order valence-corrected chi connectivity index (χ1v) is 6.05. The van der Waals surface area contributed by atoms with E-state index in [4.69, 9.17) is 5.73 Å². The molecule has 0 radical (unpaired) electrons. The molecule has 2 heteroatoms. The fourth-order valence-corrected chi connectivity index (χ4v) is 2.38. The number of nitrogen functional groups attached to an aromatic ring is 1. The van der Waals surface area contributed by atoms with Gasteiger partial charge in [-0.15, -0.1) is 0 Å². The van der Waals surface area contributed by atoms with Gasteiger partial charge in [-0.25, -0.2) is 4.39 Å². The highest BCUT2D eigenvalue weighted by atomic mass is 19.1. The van der Waals surface area contributed by atoms with Gasteiger partial charge in [-0.3, -0.25) is 0 Å². The lowest BCUT2D eigenvalue weighted by molar-refractivity contribution is 0.633. The Labute approximate surface area is 107 Å². The minimum Gasteiger partial charge on any atom is -0.396 e. The number of rotatable bonds is 1. The zero-order valence-corrected chi connectivity index (χ0v) is 11.3. The zero-order valence-electron chi connectivity index (χ0n) is 11.3. The van der Waals surface area contributed by atoms with Crippen LogP contribution in [0.25, 0.3) is 11.1 Å². The van der Waals surface area contributed by atoms with E-state index in [2.05, 4.69) is 33.8 Å². The number of benzene rings is 2. The van der Waals surface area contributed by atoms with Crippen LogP contribution in [0.3, 0.4) is 0 Å². The van der Waals surface area contributed by atoms with E-state index < -0.39 is 0 Å². The summed E-state index contributed by atoms with van der Waals surface area (Å²) in [6.45, 7) is 8.25.